The van der Waals surface area contributed by atoms with Crippen molar-refractivity contribution in [2.75, 3.05) is 25.1 Å². The third kappa shape index (κ3) is 2.72. The number of anilines is 1. The summed E-state index contributed by atoms with van der Waals surface area (Å²) in [7, 11) is 1.67. The third-order valence-corrected chi connectivity index (χ3v) is 3.95. The molecule has 114 valence electrons. The molecule has 2 aromatic rings. The molecule has 1 aliphatic heterocycles. The van der Waals surface area contributed by atoms with Crippen LogP contribution in [0.5, 0.6) is 5.75 Å². The van der Waals surface area contributed by atoms with Gasteiger partial charge in [-0.1, -0.05) is 6.92 Å². The Morgan fingerprint density at radius 3 is 2.90 bits per heavy atom. The van der Waals surface area contributed by atoms with E-state index in [1.54, 1.807) is 7.11 Å². The van der Waals surface area contributed by atoms with E-state index in [-0.39, 0.29) is 18.0 Å². The Hall–Kier alpha value is -1.68. The van der Waals surface area contributed by atoms with Crippen LogP contribution in [0.2, 0.25) is 0 Å². The maximum absolute atomic E-state index is 12.3. The Bertz CT molecular complexity index is 696. The second-order valence-corrected chi connectivity index (χ2v) is 5.28. The van der Waals surface area contributed by atoms with Crippen LogP contribution in [0.25, 0.3) is 10.9 Å². The summed E-state index contributed by atoms with van der Waals surface area (Å²) in [6.07, 6.45) is 2.99. The number of aromatic nitrogens is 1. The normalized spacial score (nSPS) is 13.7. The van der Waals surface area contributed by atoms with Gasteiger partial charge >= 0.3 is 0 Å². The van der Waals surface area contributed by atoms with Gasteiger partial charge in [0.1, 0.15) is 5.75 Å². The minimum absolute atomic E-state index is 0. The second-order valence-electron chi connectivity index (χ2n) is 5.28. The number of benzene rings is 1. The van der Waals surface area contributed by atoms with Crippen LogP contribution in [0.15, 0.2) is 23.0 Å². The predicted molar refractivity (Wildman–Crippen MR) is 89.2 cm³/mol. The summed E-state index contributed by atoms with van der Waals surface area (Å²) in [5.41, 5.74) is 2.97. The SMILES string of the molecule is CCCN1CCCc2c1c1cc(OC)ccc1[nH]c2=O.Cl. The van der Waals surface area contributed by atoms with Gasteiger partial charge in [0.15, 0.2) is 0 Å². The van der Waals surface area contributed by atoms with Gasteiger partial charge in [0.05, 0.1) is 18.3 Å². The van der Waals surface area contributed by atoms with E-state index in [1.807, 2.05) is 18.2 Å². The van der Waals surface area contributed by atoms with E-state index in [1.165, 1.54) is 0 Å². The number of halogens is 1. The van der Waals surface area contributed by atoms with E-state index < -0.39 is 0 Å². The first-order valence-electron chi connectivity index (χ1n) is 7.22. The summed E-state index contributed by atoms with van der Waals surface area (Å²) in [5.74, 6) is 0.828. The number of aromatic amines is 1. The first kappa shape index (κ1) is 15.7. The fourth-order valence-corrected chi connectivity index (χ4v) is 3.07. The quantitative estimate of drug-likeness (QED) is 0.947. The van der Waals surface area contributed by atoms with Gasteiger partial charge in [-0.05, 0) is 37.5 Å². The van der Waals surface area contributed by atoms with Crippen molar-refractivity contribution in [3.8, 4) is 5.75 Å². The Morgan fingerprint density at radius 2 is 2.19 bits per heavy atom. The Balaban J connectivity index is 0.00000161. The monoisotopic (exact) mass is 308 g/mol. The largest absolute Gasteiger partial charge is 0.497 e. The zero-order valence-corrected chi connectivity index (χ0v) is 13.3. The average Bonchev–Trinajstić information content (AvgIpc) is 2.48. The molecular weight excluding hydrogens is 288 g/mol. The van der Waals surface area contributed by atoms with Crippen molar-refractivity contribution in [3.63, 3.8) is 0 Å². The summed E-state index contributed by atoms with van der Waals surface area (Å²) >= 11 is 0. The van der Waals surface area contributed by atoms with E-state index in [0.717, 1.165) is 60.3 Å². The molecule has 2 heterocycles. The topological polar surface area (TPSA) is 45.3 Å². The molecular formula is C16H21ClN2O2. The summed E-state index contributed by atoms with van der Waals surface area (Å²) in [6.45, 7) is 4.18. The third-order valence-electron chi connectivity index (χ3n) is 3.95. The summed E-state index contributed by atoms with van der Waals surface area (Å²) in [5, 5.41) is 1.09. The van der Waals surface area contributed by atoms with Crippen LogP contribution in [0.1, 0.15) is 25.3 Å². The van der Waals surface area contributed by atoms with Crippen molar-refractivity contribution in [1.29, 1.82) is 0 Å². The van der Waals surface area contributed by atoms with Gasteiger partial charge in [-0.15, -0.1) is 12.4 Å². The lowest BCUT2D eigenvalue weighted by atomic mass is 9.99. The van der Waals surface area contributed by atoms with Crippen LogP contribution >= 0.6 is 12.4 Å². The molecule has 0 saturated carbocycles. The molecule has 5 heteroatoms. The Morgan fingerprint density at radius 1 is 1.38 bits per heavy atom. The maximum Gasteiger partial charge on any atom is 0.253 e. The molecule has 0 aliphatic carbocycles. The minimum Gasteiger partial charge on any atom is -0.497 e. The number of nitrogens with zero attached hydrogens (tertiary/aromatic N) is 1. The van der Waals surface area contributed by atoms with Crippen molar-refractivity contribution in [2.45, 2.75) is 26.2 Å². The molecule has 21 heavy (non-hydrogen) atoms. The minimum atomic E-state index is 0. The molecule has 1 N–H and O–H groups in total. The maximum atomic E-state index is 12.3. The van der Waals surface area contributed by atoms with Crippen molar-refractivity contribution in [1.82, 2.24) is 4.98 Å². The lowest BCUT2D eigenvalue weighted by Gasteiger charge is -2.31. The molecule has 0 radical (unpaired) electrons. The fraction of sp³-hybridized carbons (Fsp3) is 0.438. The van der Waals surface area contributed by atoms with Crippen LogP contribution in [0, 0.1) is 0 Å². The molecule has 0 saturated heterocycles. The summed E-state index contributed by atoms with van der Waals surface area (Å²) < 4.78 is 5.33. The molecule has 3 rings (SSSR count). The number of fused-ring (bicyclic) bond motifs is 3. The lowest BCUT2D eigenvalue weighted by molar-refractivity contribution is 0.415. The molecule has 0 spiro atoms. The van der Waals surface area contributed by atoms with E-state index in [0.29, 0.717) is 0 Å². The van der Waals surface area contributed by atoms with Gasteiger partial charge in [-0.3, -0.25) is 4.79 Å². The number of ether oxygens (including phenoxy) is 1. The van der Waals surface area contributed by atoms with E-state index in [2.05, 4.69) is 16.8 Å². The van der Waals surface area contributed by atoms with Gasteiger partial charge in [-0.2, -0.15) is 0 Å². The van der Waals surface area contributed by atoms with Crippen LogP contribution in [0.3, 0.4) is 0 Å². The van der Waals surface area contributed by atoms with Gasteiger partial charge in [0, 0.05) is 24.0 Å². The number of nitrogens with one attached hydrogen (secondary N) is 1. The Labute approximate surface area is 130 Å². The zero-order valence-electron chi connectivity index (χ0n) is 12.4. The van der Waals surface area contributed by atoms with E-state index in [9.17, 15) is 4.79 Å². The number of rotatable bonds is 3. The van der Waals surface area contributed by atoms with Crippen LogP contribution in [0.4, 0.5) is 5.69 Å². The van der Waals surface area contributed by atoms with Crippen LogP contribution in [-0.2, 0) is 6.42 Å². The molecule has 0 bridgehead atoms. The molecule has 0 unspecified atom stereocenters. The van der Waals surface area contributed by atoms with E-state index in [4.69, 9.17) is 4.74 Å². The standard InChI is InChI=1S/C16H20N2O2.ClH/c1-3-8-18-9-4-5-12-15(18)13-10-11(20-2)6-7-14(13)17-16(12)19;/h6-7,10H,3-5,8-9H2,1-2H3,(H,17,19);1H. The highest BCUT2D eigenvalue weighted by molar-refractivity contribution is 5.94. The van der Waals surface area contributed by atoms with Crippen molar-refractivity contribution in [3.05, 3.63) is 34.1 Å². The predicted octanol–water partition coefficient (Wildman–Crippen LogP) is 3.12. The van der Waals surface area contributed by atoms with Crippen LogP contribution in [-0.4, -0.2) is 25.2 Å². The highest BCUT2D eigenvalue weighted by Gasteiger charge is 2.22. The Kier molecular flexibility index (Phi) is 4.78. The van der Waals surface area contributed by atoms with Crippen molar-refractivity contribution < 1.29 is 4.74 Å². The molecule has 0 atom stereocenters. The number of H-pyrrole nitrogens is 1. The average molecular weight is 309 g/mol. The number of hydrogen-bond acceptors (Lipinski definition) is 3. The first-order valence-corrected chi connectivity index (χ1v) is 7.22. The summed E-state index contributed by atoms with van der Waals surface area (Å²) in [6, 6.07) is 5.84. The van der Waals surface area contributed by atoms with Gasteiger partial charge in [0.2, 0.25) is 0 Å². The number of hydrogen-bond donors (Lipinski definition) is 1. The van der Waals surface area contributed by atoms with Crippen molar-refractivity contribution >= 4 is 29.0 Å². The molecule has 4 nitrogen and oxygen atoms in total. The molecule has 1 aliphatic rings. The van der Waals surface area contributed by atoms with E-state index >= 15 is 0 Å². The van der Waals surface area contributed by atoms with Gasteiger partial charge in [0.25, 0.3) is 5.56 Å². The summed E-state index contributed by atoms with van der Waals surface area (Å²) in [4.78, 5) is 17.6. The second kappa shape index (κ2) is 6.39. The molecule has 1 aromatic carbocycles. The number of methoxy groups -OCH3 is 1. The molecule has 0 amide bonds. The van der Waals surface area contributed by atoms with Gasteiger partial charge < -0.3 is 14.6 Å². The fourth-order valence-electron chi connectivity index (χ4n) is 3.07. The highest BCUT2D eigenvalue weighted by Crippen LogP contribution is 2.33. The molecule has 1 aromatic heterocycles. The zero-order chi connectivity index (χ0) is 14.1. The van der Waals surface area contributed by atoms with Gasteiger partial charge in [-0.25, -0.2) is 0 Å². The lowest BCUT2D eigenvalue weighted by Crippen LogP contribution is -2.33. The highest BCUT2D eigenvalue weighted by atomic mass is 35.5. The first-order chi connectivity index (χ1) is 9.74. The van der Waals surface area contributed by atoms with Crippen molar-refractivity contribution in [2.24, 2.45) is 0 Å². The van der Waals surface area contributed by atoms with Crippen LogP contribution < -0.4 is 15.2 Å². The number of pyridine rings is 1. The molecule has 0 fully saturated rings. The smallest absolute Gasteiger partial charge is 0.253 e.